The molecule has 0 aliphatic heterocycles. The minimum atomic E-state index is -0.326. The molecule has 1 aliphatic carbocycles. The maximum Gasteiger partial charge on any atom is 0.269 e. The molecule has 1 aromatic rings. The summed E-state index contributed by atoms with van der Waals surface area (Å²) in [5.74, 6) is 0.792. The van der Waals surface area contributed by atoms with Gasteiger partial charge in [0.15, 0.2) is 0 Å². The van der Waals surface area contributed by atoms with E-state index in [1.165, 1.54) is 19.3 Å². The standard InChI is InChI=1S/C15H22N2O2/c1-3-15(16-13-8-7-11(2)9-13)12-5-4-6-14(10-12)17(18)19/h4-6,10-11,13,15-16H,3,7-9H2,1-2H3. The van der Waals surface area contributed by atoms with Gasteiger partial charge in [0.1, 0.15) is 0 Å². The molecule has 3 atom stereocenters. The van der Waals surface area contributed by atoms with Crippen molar-refractivity contribution < 1.29 is 4.92 Å². The molecule has 1 aliphatic rings. The van der Waals surface area contributed by atoms with E-state index >= 15 is 0 Å². The van der Waals surface area contributed by atoms with E-state index in [0.717, 1.165) is 17.9 Å². The lowest BCUT2D eigenvalue weighted by Gasteiger charge is -2.22. The van der Waals surface area contributed by atoms with Gasteiger partial charge in [-0.25, -0.2) is 0 Å². The van der Waals surface area contributed by atoms with Crippen LogP contribution in [-0.4, -0.2) is 11.0 Å². The Hall–Kier alpha value is -1.42. The van der Waals surface area contributed by atoms with E-state index in [-0.39, 0.29) is 16.7 Å². The Labute approximate surface area is 114 Å². The highest BCUT2D eigenvalue weighted by atomic mass is 16.6. The lowest BCUT2D eigenvalue weighted by molar-refractivity contribution is -0.384. The fourth-order valence-electron chi connectivity index (χ4n) is 2.95. The molecule has 4 nitrogen and oxygen atoms in total. The Morgan fingerprint density at radius 2 is 2.26 bits per heavy atom. The van der Waals surface area contributed by atoms with E-state index in [1.54, 1.807) is 18.2 Å². The Kier molecular flexibility index (Phi) is 4.53. The van der Waals surface area contributed by atoms with Crippen LogP contribution in [0.4, 0.5) is 5.69 Å². The highest BCUT2D eigenvalue weighted by molar-refractivity contribution is 5.35. The van der Waals surface area contributed by atoms with E-state index in [0.29, 0.717) is 6.04 Å². The molecule has 1 fully saturated rings. The van der Waals surface area contributed by atoms with Gasteiger partial charge in [0.25, 0.3) is 5.69 Å². The van der Waals surface area contributed by atoms with Crippen LogP contribution in [0.2, 0.25) is 0 Å². The van der Waals surface area contributed by atoms with Crippen molar-refractivity contribution >= 4 is 5.69 Å². The molecule has 0 amide bonds. The second-order valence-electron chi connectivity index (χ2n) is 5.59. The smallest absolute Gasteiger partial charge is 0.269 e. The highest BCUT2D eigenvalue weighted by Crippen LogP contribution is 2.28. The number of nitro benzene ring substituents is 1. The molecule has 4 heteroatoms. The summed E-state index contributed by atoms with van der Waals surface area (Å²) in [5.41, 5.74) is 1.20. The first kappa shape index (κ1) is 14.0. The second kappa shape index (κ2) is 6.15. The lowest BCUT2D eigenvalue weighted by Crippen LogP contribution is -2.30. The maximum atomic E-state index is 10.8. The Balaban J connectivity index is 2.08. The van der Waals surface area contributed by atoms with E-state index in [1.807, 2.05) is 6.07 Å². The minimum Gasteiger partial charge on any atom is -0.307 e. The van der Waals surface area contributed by atoms with Crippen molar-refractivity contribution in [2.75, 3.05) is 0 Å². The molecule has 104 valence electrons. The van der Waals surface area contributed by atoms with E-state index in [9.17, 15) is 10.1 Å². The summed E-state index contributed by atoms with van der Waals surface area (Å²) in [6, 6.07) is 7.77. The normalized spacial score (nSPS) is 24.3. The molecule has 0 saturated heterocycles. The molecule has 3 unspecified atom stereocenters. The van der Waals surface area contributed by atoms with Crippen LogP contribution in [0.3, 0.4) is 0 Å². The molecule has 0 radical (unpaired) electrons. The fourth-order valence-corrected chi connectivity index (χ4v) is 2.95. The van der Waals surface area contributed by atoms with Gasteiger partial charge < -0.3 is 5.32 Å². The first-order valence-corrected chi connectivity index (χ1v) is 7.10. The predicted octanol–water partition coefficient (Wildman–Crippen LogP) is 3.82. The van der Waals surface area contributed by atoms with Crippen molar-refractivity contribution in [3.8, 4) is 0 Å². The summed E-state index contributed by atoms with van der Waals surface area (Å²) in [7, 11) is 0. The zero-order valence-electron chi connectivity index (χ0n) is 11.6. The molecule has 19 heavy (non-hydrogen) atoms. The van der Waals surface area contributed by atoms with Gasteiger partial charge in [0.2, 0.25) is 0 Å². The van der Waals surface area contributed by atoms with Gasteiger partial charge in [-0.15, -0.1) is 0 Å². The first-order valence-electron chi connectivity index (χ1n) is 7.10. The molecular weight excluding hydrogens is 240 g/mol. The molecule has 1 saturated carbocycles. The molecule has 0 aromatic heterocycles. The van der Waals surface area contributed by atoms with Gasteiger partial charge in [-0.2, -0.15) is 0 Å². The molecule has 0 bridgehead atoms. The quantitative estimate of drug-likeness (QED) is 0.648. The van der Waals surface area contributed by atoms with Crippen molar-refractivity contribution in [2.24, 2.45) is 5.92 Å². The summed E-state index contributed by atoms with van der Waals surface area (Å²) in [6.07, 6.45) is 4.66. The Bertz CT molecular complexity index is 448. The maximum absolute atomic E-state index is 10.8. The number of hydrogen-bond acceptors (Lipinski definition) is 3. The second-order valence-corrected chi connectivity index (χ2v) is 5.59. The number of benzene rings is 1. The summed E-state index contributed by atoms with van der Waals surface area (Å²) in [6.45, 7) is 4.41. The number of nitrogens with one attached hydrogen (secondary N) is 1. The molecule has 2 rings (SSSR count). The largest absolute Gasteiger partial charge is 0.307 e. The van der Waals surface area contributed by atoms with E-state index in [4.69, 9.17) is 0 Å². The van der Waals surface area contributed by atoms with Crippen molar-refractivity contribution in [1.29, 1.82) is 0 Å². The average molecular weight is 262 g/mol. The molecule has 1 aromatic carbocycles. The van der Waals surface area contributed by atoms with Gasteiger partial charge in [-0.1, -0.05) is 26.0 Å². The van der Waals surface area contributed by atoms with Crippen LogP contribution in [0.5, 0.6) is 0 Å². The van der Waals surface area contributed by atoms with Gasteiger partial charge in [0, 0.05) is 24.2 Å². The van der Waals surface area contributed by atoms with Gasteiger partial charge >= 0.3 is 0 Å². The van der Waals surface area contributed by atoms with Crippen molar-refractivity contribution in [1.82, 2.24) is 5.32 Å². The number of nitro groups is 1. The zero-order valence-corrected chi connectivity index (χ0v) is 11.6. The number of rotatable bonds is 5. The van der Waals surface area contributed by atoms with Crippen LogP contribution in [0.1, 0.15) is 51.1 Å². The van der Waals surface area contributed by atoms with Crippen molar-refractivity contribution in [3.05, 3.63) is 39.9 Å². The monoisotopic (exact) mass is 262 g/mol. The number of non-ortho nitro benzene ring substituents is 1. The van der Waals surface area contributed by atoms with Crippen LogP contribution in [0.25, 0.3) is 0 Å². The lowest BCUT2D eigenvalue weighted by atomic mass is 10.0. The number of hydrogen-bond donors (Lipinski definition) is 1. The molecule has 1 N–H and O–H groups in total. The third-order valence-electron chi connectivity index (χ3n) is 4.02. The van der Waals surface area contributed by atoms with Gasteiger partial charge in [0.05, 0.1) is 4.92 Å². The molecule has 0 heterocycles. The average Bonchev–Trinajstić information content (AvgIpc) is 2.81. The van der Waals surface area contributed by atoms with E-state index < -0.39 is 0 Å². The van der Waals surface area contributed by atoms with Gasteiger partial charge in [-0.05, 0) is 37.2 Å². The summed E-state index contributed by atoms with van der Waals surface area (Å²) in [4.78, 5) is 10.5. The zero-order chi connectivity index (χ0) is 13.8. The van der Waals surface area contributed by atoms with Crippen LogP contribution >= 0.6 is 0 Å². The minimum absolute atomic E-state index is 0.178. The SMILES string of the molecule is CCC(NC1CCC(C)C1)c1cccc([N+](=O)[O-])c1. The fraction of sp³-hybridized carbons (Fsp3) is 0.600. The van der Waals surface area contributed by atoms with E-state index in [2.05, 4.69) is 19.2 Å². The van der Waals surface area contributed by atoms with Crippen LogP contribution < -0.4 is 5.32 Å². The summed E-state index contributed by atoms with van der Waals surface area (Å²) >= 11 is 0. The first-order chi connectivity index (χ1) is 9.10. The van der Waals surface area contributed by atoms with Crippen LogP contribution in [-0.2, 0) is 0 Å². The predicted molar refractivity (Wildman–Crippen MR) is 76.1 cm³/mol. The van der Waals surface area contributed by atoms with Crippen LogP contribution in [0.15, 0.2) is 24.3 Å². The van der Waals surface area contributed by atoms with Crippen molar-refractivity contribution in [2.45, 2.75) is 51.6 Å². The third kappa shape index (κ3) is 3.53. The Morgan fingerprint density at radius 1 is 1.47 bits per heavy atom. The molecular formula is C15H22N2O2. The topological polar surface area (TPSA) is 55.2 Å². The number of nitrogens with zero attached hydrogens (tertiary/aromatic N) is 1. The Morgan fingerprint density at radius 3 is 2.84 bits per heavy atom. The van der Waals surface area contributed by atoms with Crippen LogP contribution in [0, 0.1) is 16.0 Å². The summed E-state index contributed by atoms with van der Waals surface area (Å²) < 4.78 is 0. The third-order valence-corrected chi connectivity index (χ3v) is 4.02. The summed E-state index contributed by atoms with van der Waals surface area (Å²) in [5, 5.41) is 14.5. The van der Waals surface area contributed by atoms with Gasteiger partial charge in [-0.3, -0.25) is 10.1 Å². The molecule has 0 spiro atoms. The highest BCUT2D eigenvalue weighted by Gasteiger charge is 2.24. The van der Waals surface area contributed by atoms with Crippen molar-refractivity contribution in [3.63, 3.8) is 0 Å².